The second-order valence-electron chi connectivity index (χ2n) is 11.7. The first-order chi connectivity index (χ1) is 23.3. The van der Waals surface area contributed by atoms with Crippen LogP contribution in [-0.4, -0.2) is 65.4 Å². The van der Waals surface area contributed by atoms with E-state index >= 15 is 0 Å². The molecular formula is C36H38N10O2. The number of amides is 1. The van der Waals surface area contributed by atoms with E-state index in [9.17, 15) is 9.59 Å². The number of benzene rings is 2. The molecule has 1 aliphatic rings. The lowest BCUT2D eigenvalue weighted by atomic mass is 10.0. The molecule has 5 heterocycles. The molecule has 0 atom stereocenters. The van der Waals surface area contributed by atoms with E-state index in [4.69, 9.17) is 17.2 Å². The van der Waals surface area contributed by atoms with Crippen LogP contribution in [0, 0.1) is 11.8 Å². The molecule has 0 unspecified atom stereocenters. The molecule has 1 fully saturated rings. The second-order valence-corrected chi connectivity index (χ2v) is 11.7. The molecule has 1 saturated heterocycles. The van der Waals surface area contributed by atoms with Gasteiger partial charge in [0.05, 0.1) is 23.7 Å². The molecule has 0 radical (unpaired) electrons. The minimum absolute atomic E-state index is 0.0348. The van der Waals surface area contributed by atoms with Crippen molar-refractivity contribution in [3.8, 4) is 17.5 Å². The van der Waals surface area contributed by atoms with Gasteiger partial charge < -0.3 is 22.1 Å². The molecule has 0 aliphatic carbocycles. The number of piperidine rings is 1. The highest BCUT2D eigenvalue weighted by Gasteiger charge is 2.17. The van der Waals surface area contributed by atoms with Crippen molar-refractivity contribution >= 4 is 28.1 Å². The van der Waals surface area contributed by atoms with E-state index in [-0.39, 0.29) is 16.9 Å². The van der Waals surface area contributed by atoms with Crippen molar-refractivity contribution in [3.63, 3.8) is 0 Å². The number of carbonyl (C=O) groups is 1. The summed E-state index contributed by atoms with van der Waals surface area (Å²) in [7, 11) is 0. The van der Waals surface area contributed by atoms with Crippen LogP contribution in [0.5, 0.6) is 0 Å². The van der Waals surface area contributed by atoms with E-state index in [0.717, 1.165) is 73.3 Å². The van der Waals surface area contributed by atoms with Crippen molar-refractivity contribution in [3.05, 3.63) is 118 Å². The van der Waals surface area contributed by atoms with Crippen LogP contribution in [0.15, 0.2) is 90.2 Å². The van der Waals surface area contributed by atoms with Crippen molar-refractivity contribution in [1.82, 2.24) is 33.8 Å². The van der Waals surface area contributed by atoms with Gasteiger partial charge in [0.1, 0.15) is 5.56 Å². The molecule has 6 aromatic rings. The SMILES string of the molecule is CCc1cc2cccc(C#Cc3cnn(CCN4CCC(N)CC4)c3)c2c(=O)n1-c1ccccc1.NC(=O)c1c(N)nn2cccnc12. The van der Waals surface area contributed by atoms with Crippen LogP contribution >= 0.6 is 0 Å². The van der Waals surface area contributed by atoms with Gasteiger partial charge in [-0.15, -0.1) is 5.10 Å². The van der Waals surface area contributed by atoms with Crippen molar-refractivity contribution in [1.29, 1.82) is 0 Å². The number of hydrogen-bond donors (Lipinski definition) is 3. The summed E-state index contributed by atoms with van der Waals surface area (Å²) in [6.45, 7) is 5.96. The molecule has 6 N–H and O–H groups in total. The van der Waals surface area contributed by atoms with Gasteiger partial charge in [0.25, 0.3) is 11.5 Å². The number of nitrogen functional groups attached to an aromatic ring is 1. The summed E-state index contributed by atoms with van der Waals surface area (Å²) in [6, 6.07) is 19.8. The lowest BCUT2D eigenvalue weighted by molar-refractivity contribution is 0.100. The molecular weight excluding hydrogens is 604 g/mol. The maximum absolute atomic E-state index is 13.7. The Morgan fingerprint density at radius 3 is 2.56 bits per heavy atom. The third-order valence-corrected chi connectivity index (χ3v) is 8.42. The smallest absolute Gasteiger partial charge is 0.264 e. The standard InChI is InChI=1S/C29H31N5O.C7H7N5O/c1-2-26-19-24-8-6-7-23(28(24)29(35)34(26)27-9-4-3-5-10-27)12-11-22-20-31-33(21-22)18-17-32-15-13-25(30)14-16-32;8-5-4(6(9)13)7-10-2-1-3-12(7)11-5/h3-10,19-21,25H,2,13-18,30H2,1H3;1-3H,(H2,8,11)(H2,9,13). The zero-order valence-electron chi connectivity index (χ0n) is 26.8. The van der Waals surface area contributed by atoms with Crippen LogP contribution in [0.3, 0.4) is 0 Å². The number of anilines is 1. The lowest BCUT2D eigenvalue weighted by Gasteiger charge is -2.29. The second kappa shape index (κ2) is 14.3. The molecule has 1 amide bonds. The summed E-state index contributed by atoms with van der Waals surface area (Å²) < 4.78 is 5.16. The number of aromatic nitrogens is 6. The number of nitrogens with zero attached hydrogens (tertiary/aromatic N) is 7. The maximum atomic E-state index is 13.7. The fraction of sp³-hybridized carbons (Fsp3) is 0.250. The van der Waals surface area contributed by atoms with Crippen molar-refractivity contribution < 1.29 is 4.79 Å². The number of primary amides is 1. The predicted octanol–water partition coefficient (Wildman–Crippen LogP) is 2.98. The minimum atomic E-state index is -0.619. The molecule has 2 aromatic carbocycles. The first-order valence-corrected chi connectivity index (χ1v) is 16.0. The molecule has 48 heavy (non-hydrogen) atoms. The van der Waals surface area contributed by atoms with Gasteiger partial charge in [-0.25, -0.2) is 9.50 Å². The first-order valence-electron chi connectivity index (χ1n) is 16.0. The van der Waals surface area contributed by atoms with Gasteiger partial charge in [-0.05, 0) is 68.1 Å². The molecule has 0 spiro atoms. The Labute approximate surface area is 277 Å². The topological polar surface area (TPSA) is 168 Å². The molecule has 0 bridgehead atoms. The summed E-state index contributed by atoms with van der Waals surface area (Å²) >= 11 is 0. The van der Waals surface area contributed by atoms with Gasteiger partial charge in [-0.2, -0.15) is 5.10 Å². The highest BCUT2D eigenvalue weighted by Crippen LogP contribution is 2.20. The Morgan fingerprint density at radius 1 is 1.02 bits per heavy atom. The van der Waals surface area contributed by atoms with Crippen LogP contribution in [0.2, 0.25) is 0 Å². The highest BCUT2D eigenvalue weighted by molar-refractivity contribution is 6.03. The molecule has 1 aliphatic heterocycles. The molecule has 12 nitrogen and oxygen atoms in total. The maximum Gasteiger partial charge on any atom is 0.264 e. The number of para-hydroxylation sites is 1. The van der Waals surface area contributed by atoms with E-state index in [1.807, 2.05) is 59.4 Å². The first kappa shape index (κ1) is 32.2. The number of fused-ring (bicyclic) bond motifs is 2. The van der Waals surface area contributed by atoms with E-state index in [2.05, 4.69) is 44.9 Å². The van der Waals surface area contributed by atoms with Gasteiger partial charge >= 0.3 is 0 Å². The Hall–Kier alpha value is -5.77. The van der Waals surface area contributed by atoms with Crippen LogP contribution < -0.4 is 22.8 Å². The van der Waals surface area contributed by atoms with Crippen LogP contribution in [0.1, 0.15) is 46.9 Å². The third-order valence-electron chi connectivity index (χ3n) is 8.42. The Balaban J connectivity index is 0.000000257. The van der Waals surface area contributed by atoms with Gasteiger partial charge in [0.15, 0.2) is 11.5 Å². The minimum Gasteiger partial charge on any atom is -0.381 e. The van der Waals surface area contributed by atoms with Crippen molar-refractivity contribution in [2.45, 2.75) is 38.8 Å². The summed E-state index contributed by atoms with van der Waals surface area (Å²) in [4.78, 5) is 31.0. The summed E-state index contributed by atoms with van der Waals surface area (Å²) in [5.41, 5.74) is 20.5. The molecule has 4 aromatic heterocycles. The molecule has 0 saturated carbocycles. The van der Waals surface area contributed by atoms with E-state index in [0.29, 0.717) is 17.1 Å². The summed E-state index contributed by atoms with van der Waals surface area (Å²) in [5.74, 6) is 5.95. The monoisotopic (exact) mass is 642 g/mol. The van der Waals surface area contributed by atoms with Crippen LogP contribution in [-0.2, 0) is 13.0 Å². The van der Waals surface area contributed by atoms with Gasteiger partial charge in [0.2, 0.25) is 0 Å². The molecule has 12 heteroatoms. The number of aryl methyl sites for hydroxylation is 1. The summed E-state index contributed by atoms with van der Waals surface area (Å²) in [6.07, 6.45) is 9.85. The number of pyridine rings is 1. The van der Waals surface area contributed by atoms with E-state index < -0.39 is 5.91 Å². The largest absolute Gasteiger partial charge is 0.381 e. The third kappa shape index (κ3) is 6.97. The van der Waals surface area contributed by atoms with Gasteiger partial charge in [-0.3, -0.25) is 18.8 Å². The normalized spacial score (nSPS) is 13.5. The van der Waals surface area contributed by atoms with Gasteiger partial charge in [-0.1, -0.05) is 49.1 Å². The average Bonchev–Trinajstić information content (AvgIpc) is 3.70. The average molecular weight is 643 g/mol. The quantitative estimate of drug-likeness (QED) is 0.233. The van der Waals surface area contributed by atoms with E-state index in [1.165, 1.54) is 4.52 Å². The Morgan fingerprint density at radius 2 is 1.81 bits per heavy atom. The Bertz CT molecular complexity index is 2180. The van der Waals surface area contributed by atoms with E-state index in [1.54, 1.807) is 29.2 Å². The molecule has 244 valence electrons. The zero-order chi connectivity index (χ0) is 33.6. The van der Waals surface area contributed by atoms with Crippen LogP contribution in [0.4, 0.5) is 5.82 Å². The highest BCUT2D eigenvalue weighted by atomic mass is 16.1. The fourth-order valence-electron chi connectivity index (χ4n) is 5.89. The van der Waals surface area contributed by atoms with Crippen LogP contribution in [0.25, 0.3) is 22.1 Å². The van der Waals surface area contributed by atoms with Crippen molar-refractivity contribution in [2.75, 3.05) is 25.4 Å². The zero-order valence-corrected chi connectivity index (χ0v) is 26.8. The fourth-order valence-corrected chi connectivity index (χ4v) is 5.89. The number of carbonyl (C=O) groups excluding carboxylic acids is 1. The van der Waals surface area contributed by atoms with Crippen molar-refractivity contribution in [2.24, 2.45) is 11.5 Å². The predicted molar refractivity (Wildman–Crippen MR) is 187 cm³/mol. The van der Waals surface area contributed by atoms with Gasteiger partial charge in [0, 0.05) is 48.1 Å². The number of hydrogen-bond acceptors (Lipinski definition) is 8. The number of rotatable bonds is 6. The summed E-state index contributed by atoms with van der Waals surface area (Å²) in [5, 5.41) is 9.92. The Kier molecular flexibility index (Phi) is 9.61. The number of nitrogens with two attached hydrogens (primary N) is 3. The molecule has 7 rings (SSSR count). The number of likely N-dealkylation sites (tertiary alicyclic amines) is 1. The lowest BCUT2D eigenvalue weighted by Crippen LogP contribution is -2.40.